The van der Waals surface area contributed by atoms with E-state index in [1.165, 1.54) is 0 Å². The van der Waals surface area contributed by atoms with Gasteiger partial charge in [-0.15, -0.1) is 0 Å². The van der Waals surface area contributed by atoms with E-state index in [2.05, 4.69) is 10.0 Å². The summed E-state index contributed by atoms with van der Waals surface area (Å²) < 4.78 is 28.1. The Kier molecular flexibility index (Phi) is 4.99. The van der Waals surface area contributed by atoms with Crippen LogP contribution in [0, 0.1) is 0 Å². The first kappa shape index (κ1) is 16.7. The van der Waals surface area contributed by atoms with E-state index in [0.717, 1.165) is 16.7 Å². The number of rotatable bonds is 6. The van der Waals surface area contributed by atoms with Crippen LogP contribution in [0.25, 0.3) is 11.1 Å². The molecule has 0 unspecified atom stereocenters. The molecule has 24 heavy (non-hydrogen) atoms. The predicted octanol–water partition coefficient (Wildman–Crippen LogP) is 3.94. The number of benzene rings is 2. The van der Waals surface area contributed by atoms with E-state index in [4.69, 9.17) is 0 Å². The number of hydrogen-bond donors (Lipinski definition) is 2. The normalized spacial score (nSPS) is 11.4. The number of sulfonamides is 1. The summed E-state index contributed by atoms with van der Waals surface area (Å²) in [5, 5.41) is 7.07. The van der Waals surface area contributed by atoms with Gasteiger partial charge in [0.25, 0.3) is 10.0 Å². The number of nitrogens with one attached hydrogen (secondary N) is 2. The molecule has 3 rings (SSSR count). The second-order valence-electron chi connectivity index (χ2n) is 5.34. The van der Waals surface area contributed by atoms with Crippen molar-refractivity contribution in [2.45, 2.75) is 11.4 Å². The quantitative estimate of drug-likeness (QED) is 0.702. The number of hydrogen-bond acceptors (Lipinski definition) is 4. The summed E-state index contributed by atoms with van der Waals surface area (Å²) >= 11 is 1.58. The Bertz CT molecular complexity index is 905. The Hall–Kier alpha value is -2.15. The van der Waals surface area contributed by atoms with Crippen molar-refractivity contribution < 1.29 is 8.42 Å². The van der Waals surface area contributed by atoms with Crippen LogP contribution >= 0.6 is 11.3 Å². The van der Waals surface area contributed by atoms with Gasteiger partial charge in [-0.25, -0.2) is 8.42 Å². The van der Waals surface area contributed by atoms with E-state index in [9.17, 15) is 8.42 Å². The summed E-state index contributed by atoms with van der Waals surface area (Å²) in [6.45, 7) is 0.671. The number of thiophene rings is 1. The van der Waals surface area contributed by atoms with Crippen molar-refractivity contribution in [2.75, 3.05) is 11.8 Å². The minimum absolute atomic E-state index is 0.250. The third-order valence-corrected chi connectivity index (χ3v) is 5.66. The third-order valence-electron chi connectivity index (χ3n) is 3.59. The lowest BCUT2D eigenvalue weighted by molar-refractivity contribution is 0.601. The molecule has 124 valence electrons. The topological polar surface area (TPSA) is 58.2 Å². The van der Waals surface area contributed by atoms with Gasteiger partial charge in [0.15, 0.2) is 0 Å². The van der Waals surface area contributed by atoms with Crippen molar-refractivity contribution in [1.82, 2.24) is 5.32 Å². The average Bonchev–Trinajstić information content (AvgIpc) is 3.10. The van der Waals surface area contributed by atoms with Gasteiger partial charge in [-0.2, -0.15) is 11.3 Å². The van der Waals surface area contributed by atoms with Gasteiger partial charge >= 0.3 is 0 Å². The zero-order valence-electron chi connectivity index (χ0n) is 13.2. The minimum atomic E-state index is -3.63. The van der Waals surface area contributed by atoms with Gasteiger partial charge in [0.2, 0.25) is 0 Å². The molecule has 3 aromatic rings. The molecular weight excluding hydrogens is 340 g/mol. The Morgan fingerprint density at radius 3 is 2.50 bits per heavy atom. The van der Waals surface area contributed by atoms with Crippen LogP contribution in [0.1, 0.15) is 5.56 Å². The molecule has 0 saturated heterocycles. The molecule has 0 amide bonds. The molecule has 4 nitrogen and oxygen atoms in total. The average molecular weight is 358 g/mol. The zero-order valence-corrected chi connectivity index (χ0v) is 14.8. The van der Waals surface area contributed by atoms with Gasteiger partial charge in [-0.1, -0.05) is 30.3 Å². The highest BCUT2D eigenvalue weighted by Gasteiger charge is 2.17. The summed E-state index contributed by atoms with van der Waals surface area (Å²) in [5.74, 6) is 0. The van der Waals surface area contributed by atoms with Crippen LogP contribution in [0.3, 0.4) is 0 Å². The van der Waals surface area contributed by atoms with Gasteiger partial charge in [0, 0.05) is 12.1 Å². The van der Waals surface area contributed by atoms with Crippen LogP contribution in [0.2, 0.25) is 0 Å². The van der Waals surface area contributed by atoms with Crippen LogP contribution in [-0.2, 0) is 16.6 Å². The standard InChI is InChI=1S/C18H18N2O2S2/c1-19-12-14-7-8-17(15-9-10-23-13-15)18(11-14)20-24(21,22)16-5-3-2-4-6-16/h2-11,13,19-20H,12H2,1H3. The van der Waals surface area contributed by atoms with E-state index in [1.54, 1.807) is 41.7 Å². The van der Waals surface area contributed by atoms with Gasteiger partial charge in [0.05, 0.1) is 10.6 Å². The largest absolute Gasteiger partial charge is 0.316 e. The fourth-order valence-electron chi connectivity index (χ4n) is 2.46. The van der Waals surface area contributed by atoms with Crippen molar-refractivity contribution >= 4 is 27.0 Å². The lowest BCUT2D eigenvalue weighted by Gasteiger charge is -2.14. The molecule has 2 N–H and O–H groups in total. The fraction of sp³-hybridized carbons (Fsp3) is 0.111. The monoisotopic (exact) mass is 358 g/mol. The molecule has 0 fully saturated rings. The van der Waals surface area contributed by atoms with E-state index >= 15 is 0 Å². The van der Waals surface area contributed by atoms with Crippen molar-refractivity contribution in [1.29, 1.82) is 0 Å². The second-order valence-corrected chi connectivity index (χ2v) is 7.80. The highest BCUT2D eigenvalue weighted by atomic mass is 32.2. The third kappa shape index (κ3) is 3.67. The Balaban J connectivity index is 2.03. The van der Waals surface area contributed by atoms with Gasteiger partial charge in [0.1, 0.15) is 0 Å². The van der Waals surface area contributed by atoms with Crippen LogP contribution in [0.15, 0.2) is 70.3 Å². The van der Waals surface area contributed by atoms with E-state index in [0.29, 0.717) is 12.2 Å². The minimum Gasteiger partial charge on any atom is -0.316 e. The summed E-state index contributed by atoms with van der Waals surface area (Å²) in [4.78, 5) is 0.250. The van der Waals surface area contributed by atoms with Gasteiger partial charge in [-0.3, -0.25) is 4.72 Å². The summed E-state index contributed by atoms with van der Waals surface area (Å²) in [5.41, 5.74) is 3.48. The van der Waals surface area contributed by atoms with Crippen molar-refractivity contribution in [3.8, 4) is 11.1 Å². The molecule has 0 atom stereocenters. The second kappa shape index (κ2) is 7.17. The maximum atomic E-state index is 12.7. The lowest BCUT2D eigenvalue weighted by atomic mass is 10.0. The maximum absolute atomic E-state index is 12.7. The lowest BCUT2D eigenvalue weighted by Crippen LogP contribution is -2.14. The molecule has 0 aliphatic heterocycles. The molecule has 6 heteroatoms. The molecular formula is C18H18N2O2S2. The highest BCUT2D eigenvalue weighted by molar-refractivity contribution is 7.92. The van der Waals surface area contributed by atoms with E-state index in [1.807, 2.05) is 42.1 Å². The molecule has 0 spiro atoms. The van der Waals surface area contributed by atoms with Gasteiger partial charge < -0.3 is 5.32 Å². The predicted molar refractivity (Wildman–Crippen MR) is 99.8 cm³/mol. The zero-order chi connectivity index (χ0) is 17.0. The maximum Gasteiger partial charge on any atom is 0.261 e. The first-order valence-electron chi connectivity index (χ1n) is 7.48. The van der Waals surface area contributed by atoms with E-state index < -0.39 is 10.0 Å². The SMILES string of the molecule is CNCc1ccc(-c2ccsc2)c(NS(=O)(=O)c2ccccc2)c1. The van der Waals surface area contributed by atoms with Crippen LogP contribution in [0.5, 0.6) is 0 Å². The Labute approximate surface area is 146 Å². The molecule has 0 bridgehead atoms. The smallest absolute Gasteiger partial charge is 0.261 e. The molecule has 0 saturated carbocycles. The summed E-state index contributed by atoms with van der Waals surface area (Å²) in [6.07, 6.45) is 0. The molecule has 1 aromatic heterocycles. The molecule has 0 aliphatic rings. The van der Waals surface area contributed by atoms with Crippen molar-refractivity contribution in [3.63, 3.8) is 0 Å². The fourth-order valence-corrected chi connectivity index (χ4v) is 4.21. The van der Waals surface area contributed by atoms with Crippen molar-refractivity contribution in [3.05, 3.63) is 70.9 Å². The van der Waals surface area contributed by atoms with Crippen LogP contribution in [-0.4, -0.2) is 15.5 Å². The molecule has 0 aliphatic carbocycles. The first-order valence-corrected chi connectivity index (χ1v) is 9.91. The van der Waals surface area contributed by atoms with E-state index in [-0.39, 0.29) is 4.90 Å². The Morgan fingerprint density at radius 1 is 1.04 bits per heavy atom. The highest BCUT2D eigenvalue weighted by Crippen LogP contribution is 2.32. The summed E-state index contributed by atoms with van der Waals surface area (Å²) in [6, 6.07) is 16.2. The molecule has 2 aromatic carbocycles. The molecule has 0 radical (unpaired) electrons. The van der Waals surface area contributed by atoms with Crippen LogP contribution in [0.4, 0.5) is 5.69 Å². The summed E-state index contributed by atoms with van der Waals surface area (Å²) in [7, 11) is -1.76. The Morgan fingerprint density at radius 2 is 1.83 bits per heavy atom. The first-order chi connectivity index (χ1) is 11.6. The van der Waals surface area contributed by atoms with Crippen LogP contribution < -0.4 is 10.0 Å². The number of anilines is 1. The molecule has 1 heterocycles. The van der Waals surface area contributed by atoms with Gasteiger partial charge in [-0.05, 0) is 53.2 Å². The van der Waals surface area contributed by atoms with Crippen molar-refractivity contribution in [2.24, 2.45) is 0 Å².